The maximum Gasteiger partial charge on any atom is 0.214 e. The highest BCUT2D eigenvalue weighted by Crippen LogP contribution is 2.34. The van der Waals surface area contributed by atoms with Crippen molar-refractivity contribution in [2.24, 2.45) is 0 Å². The predicted octanol–water partition coefficient (Wildman–Crippen LogP) is 4.10. The molecule has 1 heterocycles. The van der Waals surface area contributed by atoms with Gasteiger partial charge >= 0.3 is 0 Å². The maximum atomic E-state index is 5.78. The Morgan fingerprint density at radius 3 is 2.79 bits per heavy atom. The van der Waals surface area contributed by atoms with Crippen molar-refractivity contribution >= 4 is 27.7 Å². The highest BCUT2D eigenvalue weighted by molar-refractivity contribution is 9.10. The third kappa shape index (κ3) is 5.94. The average Bonchev–Trinajstić information content (AvgIpc) is 3.21. The molecule has 0 aliphatic carbocycles. The van der Waals surface area contributed by atoms with Crippen LogP contribution in [-0.2, 0) is 6.54 Å². The fraction of sp³-hybridized carbons (Fsp3) is 0.350. The number of hydrogen-bond acceptors (Lipinski definition) is 7. The van der Waals surface area contributed by atoms with Crippen molar-refractivity contribution in [2.75, 3.05) is 26.0 Å². The first-order valence-electron chi connectivity index (χ1n) is 9.39. The van der Waals surface area contributed by atoms with Crippen LogP contribution in [0.5, 0.6) is 11.5 Å². The van der Waals surface area contributed by atoms with Crippen molar-refractivity contribution in [1.29, 1.82) is 0 Å². The van der Waals surface area contributed by atoms with E-state index < -0.39 is 0 Å². The third-order valence-electron chi connectivity index (χ3n) is 4.09. The van der Waals surface area contributed by atoms with Gasteiger partial charge in [-0.05, 0) is 54.6 Å². The molecule has 0 aliphatic heterocycles. The third-order valence-corrected chi connectivity index (χ3v) is 5.55. The normalized spacial score (nSPS) is 10.9. The van der Waals surface area contributed by atoms with Crippen molar-refractivity contribution in [3.8, 4) is 17.2 Å². The van der Waals surface area contributed by atoms with Crippen LogP contribution in [0.3, 0.4) is 0 Å². The lowest BCUT2D eigenvalue weighted by molar-refractivity contribution is 0.306. The summed E-state index contributed by atoms with van der Waals surface area (Å²) < 4.78 is 14.0. The molecule has 0 amide bonds. The van der Waals surface area contributed by atoms with Crippen LogP contribution in [0.25, 0.3) is 5.69 Å². The van der Waals surface area contributed by atoms with E-state index in [1.54, 1.807) is 23.6 Å². The molecule has 2 aromatic carbocycles. The molecule has 0 spiro atoms. The van der Waals surface area contributed by atoms with E-state index in [0.717, 1.165) is 51.1 Å². The Morgan fingerprint density at radius 2 is 2.03 bits per heavy atom. The second kappa shape index (κ2) is 11.2. The van der Waals surface area contributed by atoms with Gasteiger partial charge in [-0.3, -0.25) is 0 Å². The average molecular weight is 478 g/mol. The van der Waals surface area contributed by atoms with Crippen molar-refractivity contribution in [1.82, 2.24) is 25.5 Å². The van der Waals surface area contributed by atoms with Crippen LogP contribution in [0.2, 0.25) is 0 Å². The van der Waals surface area contributed by atoms with Crippen molar-refractivity contribution in [3.05, 3.63) is 52.5 Å². The molecule has 9 heteroatoms. The zero-order chi connectivity index (χ0) is 20.5. The lowest BCUT2D eigenvalue weighted by Gasteiger charge is -2.15. The SMILES string of the molecule is CCOc1c(CNCCCSc2nnnn2-c2ccccc2)cc(Br)cc1OC. The fourth-order valence-electron chi connectivity index (χ4n) is 2.80. The largest absolute Gasteiger partial charge is 0.493 e. The van der Waals surface area contributed by atoms with Gasteiger partial charge in [-0.2, -0.15) is 4.68 Å². The summed E-state index contributed by atoms with van der Waals surface area (Å²) in [6.45, 7) is 4.15. The number of nitrogens with one attached hydrogen (secondary N) is 1. The first-order valence-corrected chi connectivity index (χ1v) is 11.2. The first kappa shape index (κ1) is 21.6. The topological polar surface area (TPSA) is 74.1 Å². The van der Waals surface area contributed by atoms with Crippen LogP contribution in [0.1, 0.15) is 18.9 Å². The van der Waals surface area contributed by atoms with Crippen LogP contribution < -0.4 is 14.8 Å². The number of nitrogens with zero attached hydrogens (tertiary/aromatic N) is 4. The first-order chi connectivity index (χ1) is 14.2. The molecule has 154 valence electrons. The summed E-state index contributed by atoms with van der Waals surface area (Å²) in [4.78, 5) is 0. The molecule has 1 aromatic heterocycles. The summed E-state index contributed by atoms with van der Waals surface area (Å²) in [5.74, 6) is 2.45. The number of para-hydroxylation sites is 1. The van der Waals surface area contributed by atoms with Gasteiger partial charge in [0.15, 0.2) is 11.5 Å². The molecule has 0 atom stereocenters. The summed E-state index contributed by atoms with van der Waals surface area (Å²) in [7, 11) is 1.65. The van der Waals surface area contributed by atoms with Crippen LogP contribution in [0.15, 0.2) is 52.1 Å². The number of halogens is 1. The Labute approximate surface area is 183 Å². The minimum absolute atomic E-state index is 0.595. The number of hydrogen-bond donors (Lipinski definition) is 1. The monoisotopic (exact) mass is 477 g/mol. The van der Waals surface area contributed by atoms with Gasteiger partial charge in [0.05, 0.1) is 19.4 Å². The van der Waals surface area contributed by atoms with Crippen LogP contribution in [0, 0.1) is 0 Å². The number of tetrazole rings is 1. The molecule has 0 aliphatic rings. The van der Waals surface area contributed by atoms with E-state index in [4.69, 9.17) is 9.47 Å². The number of ether oxygens (including phenoxy) is 2. The van der Waals surface area contributed by atoms with E-state index in [1.165, 1.54) is 0 Å². The summed E-state index contributed by atoms with van der Waals surface area (Å²) in [6, 6.07) is 13.9. The van der Waals surface area contributed by atoms with Gasteiger partial charge in [0.2, 0.25) is 5.16 Å². The Kier molecular flexibility index (Phi) is 8.33. The second-order valence-corrected chi connectivity index (χ2v) is 8.09. The Balaban J connectivity index is 1.48. The maximum absolute atomic E-state index is 5.78. The number of methoxy groups -OCH3 is 1. The van der Waals surface area contributed by atoms with Crippen molar-refractivity contribution in [2.45, 2.75) is 25.0 Å². The predicted molar refractivity (Wildman–Crippen MR) is 118 cm³/mol. The highest BCUT2D eigenvalue weighted by atomic mass is 79.9. The zero-order valence-electron chi connectivity index (χ0n) is 16.5. The quantitative estimate of drug-likeness (QED) is 0.329. The number of thioether (sulfide) groups is 1. The van der Waals surface area contributed by atoms with Gasteiger partial charge in [-0.25, -0.2) is 0 Å². The van der Waals surface area contributed by atoms with Crippen molar-refractivity contribution < 1.29 is 9.47 Å². The Bertz CT molecular complexity index is 907. The lowest BCUT2D eigenvalue weighted by atomic mass is 10.2. The van der Waals surface area contributed by atoms with Crippen molar-refractivity contribution in [3.63, 3.8) is 0 Å². The molecule has 1 N–H and O–H groups in total. The van der Waals surface area contributed by atoms with E-state index >= 15 is 0 Å². The molecule has 0 unspecified atom stereocenters. The van der Waals surface area contributed by atoms with Gasteiger partial charge in [0.25, 0.3) is 0 Å². The van der Waals surface area contributed by atoms with E-state index in [9.17, 15) is 0 Å². The number of benzene rings is 2. The molecule has 0 saturated carbocycles. The smallest absolute Gasteiger partial charge is 0.214 e. The molecular weight excluding hydrogens is 454 g/mol. The van der Waals surface area contributed by atoms with Gasteiger partial charge in [-0.1, -0.05) is 45.9 Å². The van der Waals surface area contributed by atoms with E-state index in [0.29, 0.717) is 13.2 Å². The number of aromatic nitrogens is 4. The summed E-state index contributed by atoms with van der Waals surface area (Å²) in [5, 5.41) is 16.3. The molecule has 29 heavy (non-hydrogen) atoms. The van der Waals surface area contributed by atoms with Crippen LogP contribution >= 0.6 is 27.7 Å². The molecule has 0 bridgehead atoms. The molecule has 3 aromatic rings. The zero-order valence-corrected chi connectivity index (χ0v) is 18.9. The van der Waals surface area contributed by atoms with E-state index in [2.05, 4.69) is 42.8 Å². The summed E-state index contributed by atoms with van der Waals surface area (Å²) in [5.41, 5.74) is 2.03. The van der Waals surface area contributed by atoms with Gasteiger partial charge in [0, 0.05) is 22.3 Å². The fourth-order valence-corrected chi connectivity index (χ4v) is 4.11. The Morgan fingerprint density at radius 1 is 1.21 bits per heavy atom. The molecule has 7 nitrogen and oxygen atoms in total. The standard InChI is InChI=1S/C20H24BrN5O2S/c1-3-28-19-15(12-16(21)13-18(19)27-2)14-22-10-7-11-29-20-23-24-25-26(20)17-8-5-4-6-9-17/h4-6,8-9,12-13,22H,3,7,10-11,14H2,1-2H3. The Hall–Kier alpha value is -2.10. The van der Waals surface area contributed by atoms with E-state index in [-0.39, 0.29) is 0 Å². The lowest BCUT2D eigenvalue weighted by Crippen LogP contribution is -2.16. The molecule has 3 rings (SSSR count). The van der Waals surface area contributed by atoms with Gasteiger partial charge < -0.3 is 14.8 Å². The molecule has 0 fully saturated rings. The highest BCUT2D eigenvalue weighted by Gasteiger charge is 2.12. The molecule has 0 radical (unpaired) electrons. The van der Waals surface area contributed by atoms with Gasteiger partial charge in [-0.15, -0.1) is 5.10 Å². The molecule has 0 saturated heterocycles. The minimum atomic E-state index is 0.595. The molecular formula is C20H24BrN5O2S. The minimum Gasteiger partial charge on any atom is -0.493 e. The van der Waals surface area contributed by atoms with E-state index in [1.807, 2.05) is 43.3 Å². The summed E-state index contributed by atoms with van der Waals surface area (Å²) >= 11 is 5.18. The number of rotatable bonds is 11. The second-order valence-electron chi connectivity index (χ2n) is 6.12. The van der Waals surface area contributed by atoms with Gasteiger partial charge in [0.1, 0.15) is 0 Å². The summed E-state index contributed by atoms with van der Waals surface area (Å²) in [6.07, 6.45) is 0.988. The van der Waals surface area contributed by atoms with Crippen LogP contribution in [-0.4, -0.2) is 46.2 Å². The van der Waals surface area contributed by atoms with Crippen LogP contribution in [0.4, 0.5) is 0 Å².